The summed E-state index contributed by atoms with van der Waals surface area (Å²) in [4.78, 5) is 13.0. The van der Waals surface area contributed by atoms with E-state index in [1.54, 1.807) is 7.05 Å². The van der Waals surface area contributed by atoms with Crippen LogP contribution in [0, 0.1) is 11.8 Å². The van der Waals surface area contributed by atoms with E-state index in [-0.39, 0.29) is 18.9 Å². The van der Waals surface area contributed by atoms with Crippen LogP contribution in [0.5, 0.6) is 0 Å². The molecule has 0 aromatic rings. The van der Waals surface area contributed by atoms with Gasteiger partial charge in [-0.05, 0) is 45.9 Å². The van der Waals surface area contributed by atoms with E-state index in [1.165, 1.54) is 6.92 Å². The van der Waals surface area contributed by atoms with Crippen molar-refractivity contribution in [2.24, 2.45) is 29.0 Å². The predicted octanol–water partition coefficient (Wildman–Crippen LogP) is -5.50. The van der Waals surface area contributed by atoms with Crippen LogP contribution in [0.2, 0.25) is 0 Å². The molecule has 1 saturated carbocycles. The molecule has 2 saturated heterocycles. The Morgan fingerprint density at radius 2 is 1.95 bits per heavy atom. The van der Waals surface area contributed by atoms with Crippen molar-refractivity contribution in [3.63, 3.8) is 0 Å². The van der Waals surface area contributed by atoms with Crippen LogP contribution in [-0.2, 0) is 19.0 Å². The second-order valence-corrected chi connectivity index (χ2v) is 12.9. The summed E-state index contributed by atoms with van der Waals surface area (Å²) in [5.74, 6) is -1.01. The minimum Gasteiger partial charge on any atom is -0.492 e. The molecule has 4 aliphatic rings. The van der Waals surface area contributed by atoms with Crippen LogP contribution < -0.4 is 38.5 Å². The molecule has 16 heteroatoms. The fourth-order valence-corrected chi connectivity index (χ4v) is 6.63. The summed E-state index contributed by atoms with van der Waals surface area (Å²) in [6.07, 6.45) is -4.69. The van der Waals surface area contributed by atoms with Gasteiger partial charge in [-0.25, -0.2) is 0 Å². The minimum absolute atomic E-state index is 0.152. The second kappa shape index (κ2) is 15.4. The van der Waals surface area contributed by atoms with Crippen LogP contribution in [0.15, 0.2) is 11.8 Å². The highest BCUT2D eigenvalue weighted by molar-refractivity contribution is 5.81. The third-order valence-corrected chi connectivity index (χ3v) is 9.32. The van der Waals surface area contributed by atoms with Crippen molar-refractivity contribution in [1.29, 1.82) is 0 Å². The Kier molecular flexibility index (Phi) is 12.4. The number of hydrogen-bond donors (Lipinski definition) is 12. The molecule has 0 bridgehead atoms. The first kappa shape index (κ1) is 35.3. The van der Waals surface area contributed by atoms with Crippen LogP contribution >= 0.6 is 0 Å². The van der Waals surface area contributed by atoms with Gasteiger partial charge in [-0.1, -0.05) is 0 Å². The Labute approximate surface area is 258 Å². The predicted molar refractivity (Wildman–Crippen MR) is 159 cm³/mol. The minimum atomic E-state index is -1.39. The topological polar surface area (TPSA) is 272 Å². The van der Waals surface area contributed by atoms with Gasteiger partial charge in [0.25, 0.3) is 0 Å². The van der Waals surface area contributed by atoms with Crippen LogP contribution in [0.1, 0.15) is 26.2 Å². The van der Waals surface area contributed by atoms with Crippen LogP contribution in [0.3, 0.4) is 0 Å². The third kappa shape index (κ3) is 8.06. The quantitative estimate of drug-likeness (QED) is 0.0904. The molecule has 0 aromatic heterocycles. The molecule has 4 rings (SSSR count). The number of amides is 1. The van der Waals surface area contributed by atoms with E-state index in [0.717, 1.165) is 0 Å². The summed E-state index contributed by atoms with van der Waals surface area (Å²) in [5, 5.41) is 66.0. The number of carbonyl (C=O) groups excluding carboxylic acids is 1. The highest BCUT2D eigenvalue weighted by Crippen LogP contribution is 2.36. The lowest BCUT2D eigenvalue weighted by Gasteiger charge is -2.50. The fourth-order valence-electron chi connectivity index (χ4n) is 6.63. The zero-order valence-corrected chi connectivity index (χ0v) is 25.5. The molecule has 44 heavy (non-hydrogen) atoms. The van der Waals surface area contributed by atoms with E-state index in [2.05, 4.69) is 21.3 Å². The first-order valence-corrected chi connectivity index (χ1v) is 15.6. The number of hydrogen-bond acceptors (Lipinski definition) is 15. The Balaban J connectivity index is 1.51. The van der Waals surface area contributed by atoms with Gasteiger partial charge in [-0.2, -0.15) is 0 Å². The Morgan fingerprint density at radius 3 is 2.59 bits per heavy atom. The Morgan fingerprint density at radius 1 is 1.23 bits per heavy atom. The molecule has 254 valence electrons. The molecule has 1 amide bonds. The molecule has 13 atom stereocenters. The molecule has 3 heterocycles. The molecule has 15 N–H and O–H groups in total. The van der Waals surface area contributed by atoms with Crippen molar-refractivity contribution in [2.45, 2.75) is 98.9 Å². The standard InChI is InChI=1S/C28H53N7O9/c1-28(41)12-42-27(22(39)25(28)32-2)44-24-18(35-26(40)20(37)13-8-33-9-13)7-17(31)19(21(24)38)23-16(30)4-3-15(43-23)11-34-10-14(36)5-6-29/h3,13-14,16-25,27,32-34,36-39,41H,4-12,29-31H2,1-2H3,(H,35,40)/t14?,16-,17+,18-,19-,20?,21+,22-,23?,24+,25-,27-,28+/m1/s1. The summed E-state index contributed by atoms with van der Waals surface area (Å²) >= 11 is 0. The zero-order chi connectivity index (χ0) is 32.2. The molecule has 0 aromatic carbocycles. The van der Waals surface area contributed by atoms with Gasteiger partial charge in [0.05, 0.1) is 37.4 Å². The smallest absolute Gasteiger partial charge is 0.249 e. The highest BCUT2D eigenvalue weighted by Gasteiger charge is 2.53. The number of nitrogens with two attached hydrogens (primary N) is 3. The fraction of sp³-hybridized carbons (Fsp3) is 0.893. The van der Waals surface area contributed by atoms with Gasteiger partial charge in [0.2, 0.25) is 5.91 Å². The van der Waals surface area contributed by atoms with Crippen molar-refractivity contribution in [3.8, 4) is 0 Å². The van der Waals surface area contributed by atoms with Gasteiger partial charge < -0.3 is 78.2 Å². The van der Waals surface area contributed by atoms with Crippen molar-refractivity contribution >= 4 is 5.91 Å². The molecular formula is C28H53N7O9. The van der Waals surface area contributed by atoms with Crippen molar-refractivity contribution in [2.75, 3.05) is 46.4 Å². The number of likely N-dealkylation sites (N-methyl/N-ethyl adjacent to an activating group) is 1. The van der Waals surface area contributed by atoms with Gasteiger partial charge in [-0.3, -0.25) is 4.79 Å². The average Bonchev–Trinajstić information content (AvgIpc) is 2.92. The van der Waals surface area contributed by atoms with Crippen molar-refractivity contribution < 1.29 is 44.5 Å². The molecule has 3 fully saturated rings. The van der Waals surface area contributed by atoms with Gasteiger partial charge >= 0.3 is 0 Å². The molecule has 1 aliphatic carbocycles. The van der Waals surface area contributed by atoms with Gasteiger partial charge in [-0.15, -0.1) is 0 Å². The summed E-state index contributed by atoms with van der Waals surface area (Å²) in [7, 11) is 1.59. The zero-order valence-electron chi connectivity index (χ0n) is 25.5. The van der Waals surface area contributed by atoms with Crippen molar-refractivity contribution in [3.05, 3.63) is 11.8 Å². The van der Waals surface area contributed by atoms with E-state index >= 15 is 0 Å². The molecule has 3 unspecified atom stereocenters. The van der Waals surface area contributed by atoms with Crippen LogP contribution in [0.25, 0.3) is 0 Å². The van der Waals surface area contributed by atoms with E-state index in [0.29, 0.717) is 51.3 Å². The lowest BCUT2D eigenvalue weighted by Crippen LogP contribution is -2.70. The molecule has 16 nitrogen and oxygen atoms in total. The first-order valence-electron chi connectivity index (χ1n) is 15.6. The molecule has 0 spiro atoms. The number of carbonyl (C=O) groups is 1. The lowest BCUT2D eigenvalue weighted by atomic mass is 9.72. The monoisotopic (exact) mass is 631 g/mol. The Hall–Kier alpha value is -1.51. The second-order valence-electron chi connectivity index (χ2n) is 12.9. The molecule has 0 radical (unpaired) electrons. The third-order valence-electron chi connectivity index (χ3n) is 9.32. The maximum absolute atomic E-state index is 13.0. The van der Waals surface area contributed by atoms with Crippen LogP contribution in [0.4, 0.5) is 0 Å². The molecule has 3 aliphatic heterocycles. The van der Waals surface area contributed by atoms with Gasteiger partial charge in [0.15, 0.2) is 6.29 Å². The van der Waals surface area contributed by atoms with Crippen molar-refractivity contribution in [1.82, 2.24) is 21.3 Å². The average molecular weight is 632 g/mol. The summed E-state index contributed by atoms with van der Waals surface area (Å²) in [6.45, 7) is 3.39. The normalized spacial score (nSPS) is 41.2. The van der Waals surface area contributed by atoms with Gasteiger partial charge in [0, 0.05) is 43.6 Å². The van der Waals surface area contributed by atoms with E-state index < -0.39 is 84.5 Å². The number of aliphatic hydroxyl groups excluding tert-OH is 4. The highest BCUT2D eigenvalue weighted by atomic mass is 16.7. The molecular weight excluding hydrogens is 578 g/mol. The van der Waals surface area contributed by atoms with Crippen LogP contribution in [-0.4, -0.2) is 151 Å². The number of aliphatic hydroxyl groups is 5. The van der Waals surface area contributed by atoms with E-state index in [9.17, 15) is 30.3 Å². The largest absolute Gasteiger partial charge is 0.492 e. The Bertz CT molecular complexity index is 974. The summed E-state index contributed by atoms with van der Waals surface area (Å²) in [5.41, 5.74) is 17.2. The lowest BCUT2D eigenvalue weighted by molar-refractivity contribution is -0.297. The summed E-state index contributed by atoms with van der Waals surface area (Å²) in [6, 6.07) is -2.85. The van der Waals surface area contributed by atoms with E-state index in [1.807, 2.05) is 6.08 Å². The number of rotatable bonds is 13. The first-order chi connectivity index (χ1) is 20.9. The van der Waals surface area contributed by atoms with E-state index in [4.69, 9.17) is 31.4 Å². The maximum atomic E-state index is 13.0. The van der Waals surface area contributed by atoms with Gasteiger partial charge in [0.1, 0.15) is 35.8 Å². The number of ether oxygens (including phenoxy) is 3. The SMILES string of the molecule is CN[C@@H]1[C@@H](O)[C@@H](O[C@@H]2[C@@H](O)[C@H](C3OC(CNCC(O)CCN)=CC[C@H]3N)[C@@H](N)C[C@H]2NC(=O)C(O)C2CNC2)OC[C@]1(C)O. The number of nitrogens with one attached hydrogen (secondary N) is 4. The summed E-state index contributed by atoms with van der Waals surface area (Å²) < 4.78 is 18.2. The maximum Gasteiger partial charge on any atom is 0.249 e.